The number of halogens is 2. The van der Waals surface area contributed by atoms with E-state index in [0.717, 1.165) is 22.4 Å². The van der Waals surface area contributed by atoms with Crippen molar-refractivity contribution in [1.82, 2.24) is 9.88 Å². The molecule has 0 spiro atoms. The van der Waals surface area contributed by atoms with Gasteiger partial charge in [0.15, 0.2) is 0 Å². The van der Waals surface area contributed by atoms with Crippen LogP contribution >= 0.6 is 23.2 Å². The Kier molecular flexibility index (Phi) is 7.72. The van der Waals surface area contributed by atoms with Gasteiger partial charge in [-0.3, -0.25) is 14.6 Å². The number of carboxylic acid groups (broad SMARTS) is 1. The number of aryl methyl sites for hydroxylation is 1. The van der Waals surface area contributed by atoms with Crippen LogP contribution in [-0.4, -0.2) is 26.9 Å². The number of aromatic nitrogens is 1. The van der Waals surface area contributed by atoms with E-state index in [0.29, 0.717) is 22.9 Å². The number of benzene rings is 2. The molecule has 1 fully saturated rings. The minimum atomic E-state index is -1.10. The summed E-state index contributed by atoms with van der Waals surface area (Å²) in [4.78, 5) is 32.8. The van der Waals surface area contributed by atoms with Crippen LogP contribution in [0.2, 0.25) is 10.0 Å². The molecular weight excluding hydrogens is 495 g/mol. The van der Waals surface area contributed by atoms with E-state index >= 15 is 0 Å². The van der Waals surface area contributed by atoms with Gasteiger partial charge in [-0.2, -0.15) is 0 Å². The number of carbonyl (C=O) groups is 2. The quantitative estimate of drug-likeness (QED) is 0.349. The van der Waals surface area contributed by atoms with E-state index in [1.807, 2.05) is 79.4 Å². The molecule has 188 valence electrons. The maximum Gasteiger partial charge on any atom is 0.304 e. The molecule has 1 N–H and O–H groups in total. The van der Waals surface area contributed by atoms with Crippen molar-refractivity contribution in [2.45, 2.75) is 58.0 Å². The van der Waals surface area contributed by atoms with Crippen LogP contribution in [0.1, 0.15) is 73.5 Å². The first-order valence-corrected chi connectivity index (χ1v) is 12.9. The van der Waals surface area contributed by atoms with Gasteiger partial charge in [0.25, 0.3) is 0 Å². The average Bonchev–Trinajstić information content (AvgIpc) is 2.82. The van der Waals surface area contributed by atoms with Gasteiger partial charge in [-0.05, 0) is 72.9 Å². The molecule has 3 aromatic rings. The largest absolute Gasteiger partial charge is 0.481 e. The Bertz CT molecular complexity index is 1260. The van der Waals surface area contributed by atoms with Gasteiger partial charge in [0.05, 0.1) is 29.6 Å². The molecule has 1 saturated heterocycles. The molecule has 1 aliphatic rings. The molecule has 4 atom stereocenters. The fraction of sp³-hybridized carbons (Fsp3) is 0.345. The molecule has 1 aromatic heterocycles. The van der Waals surface area contributed by atoms with Gasteiger partial charge < -0.3 is 10.0 Å². The van der Waals surface area contributed by atoms with Crippen molar-refractivity contribution in [3.63, 3.8) is 0 Å². The molecule has 2 heterocycles. The van der Waals surface area contributed by atoms with Crippen LogP contribution in [-0.2, 0) is 9.59 Å². The van der Waals surface area contributed by atoms with Crippen molar-refractivity contribution in [2.24, 2.45) is 5.41 Å². The number of carbonyl (C=O) groups excluding carboxylic acids is 1. The highest BCUT2D eigenvalue weighted by Gasteiger charge is 2.52. The summed E-state index contributed by atoms with van der Waals surface area (Å²) in [6.45, 7) is 5.79. The van der Waals surface area contributed by atoms with Gasteiger partial charge in [-0.25, -0.2) is 0 Å². The second-order valence-electron chi connectivity index (χ2n) is 9.89. The summed E-state index contributed by atoms with van der Waals surface area (Å²) >= 11 is 12.6. The summed E-state index contributed by atoms with van der Waals surface area (Å²) in [5, 5.41) is 11.0. The molecule has 4 rings (SSSR count). The van der Waals surface area contributed by atoms with E-state index in [4.69, 9.17) is 23.2 Å². The molecule has 1 aliphatic heterocycles. The summed E-state index contributed by atoms with van der Waals surface area (Å²) in [6, 6.07) is 18.4. The maximum absolute atomic E-state index is 14.3. The van der Waals surface area contributed by atoms with Crippen molar-refractivity contribution in [3.05, 3.63) is 99.3 Å². The van der Waals surface area contributed by atoms with Crippen LogP contribution in [0, 0.1) is 12.3 Å². The lowest BCUT2D eigenvalue weighted by Crippen LogP contribution is -2.53. The molecule has 2 aromatic carbocycles. The predicted octanol–water partition coefficient (Wildman–Crippen LogP) is 7.39. The highest BCUT2D eigenvalue weighted by molar-refractivity contribution is 6.30. The monoisotopic (exact) mass is 524 g/mol. The van der Waals surface area contributed by atoms with E-state index in [9.17, 15) is 14.7 Å². The minimum Gasteiger partial charge on any atom is -0.481 e. The van der Waals surface area contributed by atoms with Crippen LogP contribution in [0.25, 0.3) is 0 Å². The van der Waals surface area contributed by atoms with Crippen molar-refractivity contribution in [2.75, 3.05) is 0 Å². The Hall–Kier alpha value is -2.89. The van der Waals surface area contributed by atoms with Crippen molar-refractivity contribution >= 4 is 35.1 Å². The lowest BCUT2D eigenvalue weighted by Gasteiger charge is -2.51. The van der Waals surface area contributed by atoms with Crippen molar-refractivity contribution < 1.29 is 14.7 Å². The number of nitrogens with zero attached hydrogens (tertiary/aromatic N) is 2. The van der Waals surface area contributed by atoms with Gasteiger partial charge in [0.1, 0.15) is 0 Å². The zero-order valence-electron chi connectivity index (χ0n) is 20.6. The van der Waals surface area contributed by atoms with Crippen LogP contribution in [0.5, 0.6) is 0 Å². The third-order valence-corrected chi connectivity index (χ3v) is 7.62. The van der Waals surface area contributed by atoms with Gasteiger partial charge in [0.2, 0.25) is 5.91 Å². The van der Waals surface area contributed by atoms with E-state index in [-0.39, 0.29) is 30.3 Å². The highest BCUT2D eigenvalue weighted by Crippen LogP contribution is 2.54. The number of carboxylic acids is 1. The molecule has 5 nitrogen and oxygen atoms in total. The SMILES string of the molecule is CCC(c1cc(C)ccn1)N1C(=O)[C@@](C)(CC(=O)O)C[C@H](c2cccc(Cl)c2)[C@H]1c1ccc(Cl)cc1. The fourth-order valence-electron chi connectivity index (χ4n) is 5.51. The second kappa shape index (κ2) is 10.6. The first-order valence-electron chi connectivity index (χ1n) is 12.1. The molecule has 7 heteroatoms. The standard InChI is InChI=1S/C29H30Cl2N2O3/c1-4-25(24-14-18(2)12-13-32-24)33-27(19-8-10-21(30)11-9-19)23(20-6-5-7-22(31)15-20)16-29(3,28(33)36)17-26(34)35/h5-15,23,25,27H,4,16-17H2,1-3H3,(H,34,35)/t23-,25?,27-,29-/m1/s1. The summed E-state index contributed by atoms with van der Waals surface area (Å²) in [5.41, 5.74) is 2.63. The predicted molar refractivity (Wildman–Crippen MR) is 142 cm³/mol. The Labute approximate surface area is 222 Å². The van der Waals surface area contributed by atoms with Gasteiger partial charge in [-0.1, -0.05) is 61.3 Å². The molecule has 36 heavy (non-hydrogen) atoms. The van der Waals surface area contributed by atoms with E-state index in [2.05, 4.69) is 4.98 Å². The number of piperidine rings is 1. The molecule has 1 amide bonds. The summed E-state index contributed by atoms with van der Waals surface area (Å²) in [7, 11) is 0. The smallest absolute Gasteiger partial charge is 0.304 e. The number of rotatable bonds is 7. The first kappa shape index (κ1) is 26.2. The van der Waals surface area contributed by atoms with Crippen LogP contribution in [0.4, 0.5) is 0 Å². The van der Waals surface area contributed by atoms with Crippen molar-refractivity contribution in [3.8, 4) is 0 Å². The second-order valence-corrected chi connectivity index (χ2v) is 10.8. The van der Waals surface area contributed by atoms with Gasteiger partial charge in [-0.15, -0.1) is 0 Å². The molecule has 0 aliphatic carbocycles. The molecule has 0 bridgehead atoms. The maximum atomic E-state index is 14.3. The number of pyridine rings is 1. The number of hydrogen-bond acceptors (Lipinski definition) is 3. The number of likely N-dealkylation sites (tertiary alicyclic amines) is 1. The first-order chi connectivity index (χ1) is 17.1. The summed E-state index contributed by atoms with van der Waals surface area (Å²) < 4.78 is 0. The topological polar surface area (TPSA) is 70.5 Å². The van der Waals surface area contributed by atoms with Crippen molar-refractivity contribution in [1.29, 1.82) is 0 Å². The molecule has 0 saturated carbocycles. The normalized spacial score (nSPS) is 22.9. The molecular formula is C29H30Cl2N2O3. The Morgan fingerprint density at radius 2 is 1.83 bits per heavy atom. The Balaban J connectivity index is 1.96. The summed E-state index contributed by atoms with van der Waals surface area (Å²) in [5.74, 6) is -1.37. The zero-order chi connectivity index (χ0) is 26.0. The third kappa shape index (κ3) is 5.28. The Morgan fingerprint density at radius 1 is 1.11 bits per heavy atom. The lowest BCUT2D eigenvalue weighted by atomic mass is 9.67. The number of hydrogen-bond donors (Lipinski definition) is 1. The van der Waals surface area contributed by atoms with Gasteiger partial charge >= 0.3 is 5.97 Å². The van der Waals surface area contributed by atoms with Crippen LogP contribution < -0.4 is 0 Å². The fourth-order valence-corrected chi connectivity index (χ4v) is 5.84. The zero-order valence-corrected chi connectivity index (χ0v) is 22.1. The van der Waals surface area contributed by atoms with Gasteiger partial charge in [0, 0.05) is 22.2 Å². The van der Waals surface area contributed by atoms with Crippen LogP contribution in [0.3, 0.4) is 0 Å². The Morgan fingerprint density at radius 3 is 2.44 bits per heavy atom. The minimum absolute atomic E-state index is 0.182. The van der Waals surface area contributed by atoms with Crippen LogP contribution in [0.15, 0.2) is 66.9 Å². The number of aliphatic carboxylic acids is 1. The molecule has 1 unspecified atom stereocenters. The van der Waals surface area contributed by atoms with E-state index < -0.39 is 11.4 Å². The average molecular weight is 525 g/mol. The highest BCUT2D eigenvalue weighted by atomic mass is 35.5. The summed E-state index contributed by atoms with van der Waals surface area (Å²) in [6.07, 6.45) is 2.49. The van der Waals surface area contributed by atoms with E-state index in [1.54, 1.807) is 13.1 Å². The number of amides is 1. The molecule has 0 radical (unpaired) electrons. The van der Waals surface area contributed by atoms with E-state index in [1.165, 1.54) is 0 Å². The lowest BCUT2D eigenvalue weighted by molar-refractivity contribution is -0.161. The third-order valence-electron chi connectivity index (χ3n) is 7.13.